The predicted molar refractivity (Wildman–Crippen MR) is 98.1 cm³/mol. The SMILES string of the molecule is CCS(=O)(=O)c1cccc(NC(=O)c2cc3c(F)cc(Br)cc3[nH]2)c1. The Bertz CT molecular complexity index is 1080. The zero-order valence-corrected chi connectivity index (χ0v) is 15.5. The van der Waals surface area contributed by atoms with Crippen molar-refractivity contribution in [2.24, 2.45) is 0 Å². The van der Waals surface area contributed by atoms with E-state index in [0.29, 0.717) is 21.1 Å². The maximum atomic E-state index is 13.9. The van der Waals surface area contributed by atoms with Crippen LogP contribution < -0.4 is 5.32 Å². The quantitative estimate of drug-likeness (QED) is 0.660. The summed E-state index contributed by atoms with van der Waals surface area (Å²) < 4.78 is 38.3. The summed E-state index contributed by atoms with van der Waals surface area (Å²) in [6, 6.07) is 10.4. The van der Waals surface area contributed by atoms with E-state index in [-0.39, 0.29) is 16.3 Å². The van der Waals surface area contributed by atoms with E-state index in [9.17, 15) is 17.6 Å². The highest BCUT2D eigenvalue weighted by atomic mass is 79.9. The van der Waals surface area contributed by atoms with E-state index >= 15 is 0 Å². The fourth-order valence-electron chi connectivity index (χ4n) is 2.42. The van der Waals surface area contributed by atoms with Crippen LogP contribution in [0.3, 0.4) is 0 Å². The number of benzene rings is 2. The van der Waals surface area contributed by atoms with E-state index in [1.165, 1.54) is 24.3 Å². The molecule has 8 heteroatoms. The van der Waals surface area contributed by atoms with Gasteiger partial charge in [-0.3, -0.25) is 4.79 Å². The number of fused-ring (bicyclic) bond motifs is 1. The standard InChI is InChI=1S/C17H14BrFN2O3S/c1-2-25(23,24)12-5-3-4-11(8-12)20-17(22)16-9-13-14(19)6-10(18)7-15(13)21-16/h3-9,21H,2H2,1H3,(H,20,22). The molecule has 3 rings (SSSR count). The van der Waals surface area contributed by atoms with E-state index in [0.717, 1.165) is 0 Å². The van der Waals surface area contributed by atoms with Crippen LogP contribution in [-0.2, 0) is 9.84 Å². The average molecular weight is 425 g/mol. The minimum atomic E-state index is -3.37. The average Bonchev–Trinajstić information content (AvgIpc) is 2.99. The Kier molecular flexibility index (Phi) is 4.66. The van der Waals surface area contributed by atoms with E-state index in [4.69, 9.17) is 0 Å². The second-order valence-corrected chi connectivity index (χ2v) is 8.61. The minimum Gasteiger partial charge on any atom is -0.350 e. The first-order valence-corrected chi connectivity index (χ1v) is 9.86. The number of carbonyl (C=O) groups is 1. The van der Waals surface area contributed by atoms with Crippen molar-refractivity contribution >= 4 is 48.3 Å². The van der Waals surface area contributed by atoms with Crippen molar-refractivity contribution in [3.63, 3.8) is 0 Å². The molecule has 0 aliphatic carbocycles. The lowest BCUT2D eigenvalue weighted by Gasteiger charge is -2.06. The molecular weight excluding hydrogens is 411 g/mol. The Labute approximate surface area is 152 Å². The zero-order chi connectivity index (χ0) is 18.2. The van der Waals surface area contributed by atoms with Gasteiger partial charge in [0.25, 0.3) is 5.91 Å². The van der Waals surface area contributed by atoms with E-state index in [1.54, 1.807) is 25.1 Å². The number of aromatic amines is 1. The number of hydrogen-bond acceptors (Lipinski definition) is 3. The maximum Gasteiger partial charge on any atom is 0.272 e. The number of aromatic nitrogens is 1. The zero-order valence-electron chi connectivity index (χ0n) is 13.1. The van der Waals surface area contributed by atoms with Gasteiger partial charge in [0.15, 0.2) is 9.84 Å². The van der Waals surface area contributed by atoms with Gasteiger partial charge < -0.3 is 10.3 Å². The number of carbonyl (C=O) groups excluding carboxylic acids is 1. The lowest BCUT2D eigenvalue weighted by Crippen LogP contribution is -2.13. The van der Waals surface area contributed by atoms with Gasteiger partial charge in [-0.05, 0) is 36.4 Å². The summed E-state index contributed by atoms with van der Waals surface area (Å²) in [5.74, 6) is -0.964. The number of anilines is 1. The molecule has 3 aromatic rings. The topological polar surface area (TPSA) is 79.0 Å². The van der Waals surface area contributed by atoms with E-state index in [2.05, 4.69) is 26.2 Å². The fraction of sp³-hybridized carbons (Fsp3) is 0.118. The normalized spacial score (nSPS) is 11.6. The summed E-state index contributed by atoms with van der Waals surface area (Å²) in [5, 5.41) is 2.92. The van der Waals surface area contributed by atoms with Crippen molar-refractivity contribution in [3.05, 3.63) is 58.4 Å². The lowest BCUT2D eigenvalue weighted by molar-refractivity contribution is 0.102. The second kappa shape index (κ2) is 6.61. The summed E-state index contributed by atoms with van der Waals surface area (Å²) in [7, 11) is -3.37. The minimum absolute atomic E-state index is 0.0272. The van der Waals surface area contributed by atoms with Crippen molar-refractivity contribution in [2.75, 3.05) is 11.1 Å². The van der Waals surface area contributed by atoms with Crippen molar-refractivity contribution < 1.29 is 17.6 Å². The fourth-order valence-corrected chi connectivity index (χ4v) is 3.77. The molecule has 0 saturated heterocycles. The summed E-state index contributed by atoms with van der Waals surface area (Å²) in [5.41, 5.74) is 1.01. The number of amides is 1. The molecule has 0 aliphatic rings. The molecule has 1 heterocycles. The van der Waals surface area contributed by atoms with Gasteiger partial charge in [0.05, 0.1) is 16.2 Å². The van der Waals surface area contributed by atoms with Crippen LogP contribution in [-0.4, -0.2) is 25.1 Å². The number of halogens is 2. The smallest absolute Gasteiger partial charge is 0.272 e. The van der Waals surface area contributed by atoms with Crippen molar-refractivity contribution in [1.82, 2.24) is 4.98 Å². The molecule has 0 spiro atoms. The monoisotopic (exact) mass is 424 g/mol. The maximum absolute atomic E-state index is 13.9. The number of rotatable bonds is 4. The molecule has 25 heavy (non-hydrogen) atoms. The van der Waals surface area contributed by atoms with Crippen LogP contribution in [0.4, 0.5) is 10.1 Å². The van der Waals surface area contributed by atoms with Crippen molar-refractivity contribution in [3.8, 4) is 0 Å². The predicted octanol–water partition coefficient (Wildman–Crippen LogP) is 4.12. The summed E-state index contributed by atoms with van der Waals surface area (Å²) >= 11 is 3.20. The molecule has 1 aromatic heterocycles. The molecule has 130 valence electrons. The third-order valence-electron chi connectivity index (χ3n) is 3.73. The molecule has 0 radical (unpaired) electrons. The summed E-state index contributed by atoms with van der Waals surface area (Å²) in [6.45, 7) is 1.55. The van der Waals surface area contributed by atoms with Crippen LogP contribution in [0, 0.1) is 5.82 Å². The largest absolute Gasteiger partial charge is 0.350 e. The molecule has 5 nitrogen and oxygen atoms in total. The Morgan fingerprint density at radius 2 is 2.00 bits per heavy atom. The third kappa shape index (κ3) is 3.59. The van der Waals surface area contributed by atoms with Gasteiger partial charge in [0, 0.05) is 15.5 Å². The van der Waals surface area contributed by atoms with Crippen LogP contribution in [0.2, 0.25) is 0 Å². The molecule has 0 bridgehead atoms. The first-order valence-electron chi connectivity index (χ1n) is 7.42. The first-order chi connectivity index (χ1) is 11.8. The molecule has 0 atom stereocenters. The van der Waals surface area contributed by atoms with Crippen molar-refractivity contribution in [1.29, 1.82) is 0 Å². The van der Waals surface area contributed by atoms with Gasteiger partial charge in [-0.15, -0.1) is 0 Å². The van der Waals surface area contributed by atoms with Gasteiger partial charge >= 0.3 is 0 Å². The van der Waals surface area contributed by atoms with Crippen LogP contribution in [0.1, 0.15) is 17.4 Å². The Balaban J connectivity index is 1.90. The first kappa shape index (κ1) is 17.6. The second-order valence-electron chi connectivity index (χ2n) is 5.42. The molecule has 0 aliphatic heterocycles. The molecule has 0 unspecified atom stereocenters. The summed E-state index contributed by atoms with van der Waals surface area (Å²) in [4.78, 5) is 15.4. The van der Waals surface area contributed by atoms with Crippen LogP contribution in [0.15, 0.2) is 51.8 Å². The summed E-state index contributed by atoms with van der Waals surface area (Å²) in [6.07, 6.45) is 0. The highest BCUT2D eigenvalue weighted by Crippen LogP contribution is 2.24. The molecule has 1 amide bonds. The van der Waals surface area contributed by atoms with E-state index < -0.39 is 21.6 Å². The number of H-pyrrole nitrogens is 1. The molecule has 2 aromatic carbocycles. The Hall–Kier alpha value is -2.19. The third-order valence-corrected chi connectivity index (χ3v) is 5.92. The molecular formula is C17H14BrFN2O3S. The Morgan fingerprint density at radius 1 is 1.24 bits per heavy atom. The van der Waals surface area contributed by atoms with Crippen LogP contribution >= 0.6 is 15.9 Å². The van der Waals surface area contributed by atoms with Gasteiger partial charge in [-0.1, -0.05) is 28.9 Å². The molecule has 0 saturated carbocycles. The number of sulfone groups is 1. The molecule has 0 fully saturated rings. The number of nitrogens with one attached hydrogen (secondary N) is 2. The van der Waals surface area contributed by atoms with Gasteiger partial charge in [0.1, 0.15) is 11.5 Å². The van der Waals surface area contributed by atoms with Crippen molar-refractivity contribution in [2.45, 2.75) is 11.8 Å². The van der Waals surface area contributed by atoms with Gasteiger partial charge in [0.2, 0.25) is 0 Å². The van der Waals surface area contributed by atoms with Crippen LogP contribution in [0.5, 0.6) is 0 Å². The van der Waals surface area contributed by atoms with E-state index in [1.807, 2.05) is 0 Å². The van der Waals surface area contributed by atoms with Gasteiger partial charge in [-0.2, -0.15) is 0 Å². The van der Waals surface area contributed by atoms with Crippen LogP contribution in [0.25, 0.3) is 10.9 Å². The number of hydrogen-bond donors (Lipinski definition) is 2. The van der Waals surface area contributed by atoms with Gasteiger partial charge in [-0.25, -0.2) is 12.8 Å². The highest BCUT2D eigenvalue weighted by Gasteiger charge is 2.15. The molecule has 2 N–H and O–H groups in total. The Morgan fingerprint density at radius 3 is 2.72 bits per heavy atom. The highest BCUT2D eigenvalue weighted by molar-refractivity contribution is 9.10. The lowest BCUT2D eigenvalue weighted by atomic mass is 10.2.